The van der Waals surface area contributed by atoms with Gasteiger partial charge in [0.1, 0.15) is 5.01 Å². The van der Waals surface area contributed by atoms with E-state index >= 15 is 0 Å². The molecular weight excluding hydrogens is 342 g/mol. The van der Waals surface area contributed by atoms with Crippen molar-refractivity contribution in [1.29, 1.82) is 0 Å². The van der Waals surface area contributed by atoms with Crippen LogP contribution in [0.25, 0.3) is 21.5 Å². The van der Waals surface area contributed by atoms with E-state index in [1.807, 2.05) is 53.9 Å². The molecule has 0 bridgehead atoms. The molecule has 1 amide bonds. The highest BCUT2D eigenvalue weighted by molar-refractivity contribution is 7.13. The van der Waals surface area contributed by atoms with Gasteiger partial charge in [0.2, 0.25) is 5.91 Å². The van der Waals surface area contributed by atoms with Gasteiger partial charge in [-0.15, -0.1) is 11.3 Å². The molecule has 4 nitrogen and oxygen atoms in total. The third-order valence-electron chi connectivity index (χ3n) is 4.26. The number of amides is 1. The Morgan fingerprint density at radius 3 is 2.65 bits per heavy atom. The summed E-state index contributed by atoms with van der Waals surface area (Å²) in [5.41, 5.74) is 2.49. The number of benzene rings is 2. The third-order valence-corrected chi connectivity index (χ3v) is 5.18. The number of carbonyl (C=O) groups is 1. The van der Waals surface area contributed by atoms with Crippen LogP contribution in [0.5, 0.6) is 0 Å². The molecule has 5 heteroatoms. The van der Waals surface area contributed by atoms with Gasteiger partial charge in [0.15, 0.2) is 0 Å². The van der Waals surface area contributed by atoms with Crippen molar-refractivity contribution >= 4 is 33.7 Å². The lowest BCUT2D eigenvalue weighted by molar-refractivity contribution is -0.117. The molecule has 2 aromatic carbocycles. The van der Waals surface area contributed by atoms with Crippen LogP contribution in [0.1, 0.15) is 5.69 Å². The molecule has 4 aromatic rings. The van der Waals surface area contributed by atoms with Crippen LogP contribution in [-0.2, 0) is 11.2 Å². The summed E-state index contributed by atoms with van der Waals surface area (Å²) < 4.78 is 0. The fourth-order valence-electron chi connectivity index (χ4n) is 2.80. The van der Waals surface area contributed by atoms with Gasteiger partial charge in [0.05, 0.1) is 17.8 Å². The largest absolute Gasteiger partial charge is 0.315 e. The summed E-state index contributed by atoms with van der Waals surface area (Å²) in [6.45, 7) is 0. The van der Waals surface area contributed by atoms with Crippen LogP contribution in [0.4, 0.5) is 5.69 Å². The van der Waals surface area contributed by atoms with E-state index in [2.05, 4.69) is 22.1 Å². The normalized spacial score (nSPS) is 10.8. The summed E-state index contributed by atoms with van der Waals surface area (Å²) in [7, 11) is 1.80. The fourth-order valence-corrected chi connectivity index (χ4v) is 3.59. The lowest BCUT2D eigenvalue weighted by Crippen LogP contribution is -2.27. The lowest BCUT2D eigenvalue weighted by Gasteiger charge is -2.17. The maximum absolute atomic E-state index is 12.7. The first kappa shape index (κ1) is 16.4. The fraction of sp³-hybridized carbons (Fsp3) is 0.0952. The molecule has 0 aliphatic carbocycles. The SMILES string of the molecule is CN(C(=O)Cc1csc(-c2ccccn2)n1)c1ccc2ccccc2c1. The molecule has 0 aliphatic heterocycles. The Hall–Kier alpha value is -3.05. The van der Waals surface area contributed by atoms with Gasteiger partial charge in [-0.25, -0.2) is 4.98 Å². The van der Waals surface area contributed by atoms with Gasteiger partial charge in [0, 0.05) is 24.3 Å². The van der Waals surface area contributed by atoms with Gasteiger partial charge in [0.25, 0.3) is 0 Å². The van der Waals surface area contributed by atoms with Crippen molar-refractivity contribution in [2.24, 2.45) is 0 Å². The minimum absolute atomic E-state index is 0.0122. The molecular formula is C21H17N3OS. The van der Waals surface area contributed by atoms with Crippen molar-refractivity contribution < 1.29 is 4.79 Å². The van der Waals surface area contributed by atoms with Crippen LogP contribution in [-0.4, -0.2) is 22.9 Å². The number of carbonyl (C=O) groups excluding carboxylic acids is 1. The van der Waals surface area contributed by atoms with Crippen LogP contribution < -0.4 is 4.90 Å². The highest BCUT2D eigenvalue weighted by Gasteiger charge is 2.15. The molecule has 0 N–H and O–H groups in total. The molecule has 0 saturated heterocycles. The Morgan fingerprint density at radius 2 is 1.85 bits per heavy atom. The van der Waals surface area contributed by atoms with Crippen molar-refractivity contribution in [3.8, 4) is 10.7 Å². The maximum Gasteiger partial charge on any atom is 0.232 e. The smallest absolute Gasteiger partial charge is 0.232 e. The Morgan fingerprint density at radius 1 is 1.04 bits per heavy atom. The van der Waals surface area contributed by atoms with Crippen molar-refractivity contribution in [2.75, 3.05) is 11.9 Å². The summed E-state index contributed by atoms with van der Waals surface area (Å²) in [5, 5.41) is 5.05. The minimum atomic E-state index is 0.0122. The molecule has 0 atom stereocenters. The number of anilines is 1. The van der Waals surface area contributed by atoms with Crippen LogP contribution in [0.2, 0.25) is 0 Å². The quantitative estimate of drug-likeness (QED) is 0.536. The molecule has 0 spiro atoms. The highest BCUT2D eigenvalue weighted by atomic mass is 32.1. The number of pyridine rings is 1. The molecule has 26 heavy (non-hydrogen) atoms. The molecule has 2 heterocycles. The van der Waals surface area contributed by atoms with Gasteiger partial charge < -0.3 is 4.90 Å². The summed E-state index contributed by atoms with van der Waals surface area (Å²) in [6, 6.07) is 19.9. The minimum Gasteiger partial charge on any atom is -0.315 e. The Balaban J connectivity index is 1.51. The number of rotatable bonds is 4. The molecule has 0 unspecified atom stereocenters. The van der Waals surface area contributed by atoms with Crippen molar-refractivity contribution in [3.63, 3.8) is 0 Å². The van der Waals surface area contributed by atoms with Gasteiger partial charge >= 0.3 is 0 Å². The first-order valence-electron chi connectivity index (χ1n) is 8.32. The van der Waals surface area contributed by atoms with Crippen molar-refractivity contribution in [3.05, 3.63) is 77.9 Å². The van der Waals surface area contributed by atoms with Gasteiger partial charge in [-0.3, -0.25) is 9.78 Å². The standard InChI is InChI=1S/C21H17N3OS/c1-24(18-10-9-15-6-2-3-7-16(15)12-18)20(25)13-17-14-26-21(23-17)19-8-4-5-11-22-19/h2-12,14H,13H2,1H3. The zero-order chi connectivity index (χ0) is 17.9. The lowest BCUT2D eigenvalue weighted by atomic mass is 10.1. The van der Waals surface area contributed by atoms with Crippen LogP contribution >= 0.6 is 11.3 Å². The Bertz CT molecular complexity index is 1060. The Labute approximate surface area is 155 Å². The van der Waals surface area contributed by atoms with Crippen LogP contribution in [0, 0.1) is 0 Å². The van der Waals surface area contributed by atoms with E-state index in [4.69, 9.17) is 0 Å². The topological polar surface area (TPSA) is 46.1 Å². The Kier molecular flexibility index (Phi) is 4.46. The molecule has 128 valence electrons. The van der Waals surface area contributed by atoms with E-state index in [1.165, 1.54) is 11.3 Å². The predicted molar refractivity (Wildman–Crippen MR) is 106 cm³/mol. The van der Waals surface area contributed by atoms with Crippen molar-refractivity contribution in [1.82, 2.24) is 9.97 Å². The van der Waals surface area contributed by atoms with Gasteiger partial charge in [-0.2, -0.15) is 0 Å². The van der Waals surface area contributed by atoms with E-state index < -0.39 is 0 Å². The second-order valence-corrected chi connectivity index (χ2v) is 6.88. The summed E-state index contributed by atoms with van der Waals surface area (Å²) >= 11 is 1.51. The van der Waals surface area contributed by atoms with Crippen LogP contribution in [0.3, 0.4) is 0 Å². The molecule has 4 rings (SSSR count). The second-order valence-electron chi connectivity index (χ2n) is 6.02. The first-order chi connectivity index (χ1) is 12.7. The van der Waals surface area contributed by atoms with Crippen LogP contribution in [0.15, 0.2) is 72.2 Å². The molecule has 0 radical (unpaired) electrons. The number of nitrogens with zero attached hydrogens (tertiary/aromatic N) is 3. The number of aromatic nitrogens is 2. The average molecular weight is 359 g/mol. The summed E-state index contributed by atoms with van der Waals surface area (Å²) in [4.78, 5) is 23.2. The maximum atomic E-state index is 12.7. The van der Waals surface area contributed by atoms with Gasteiger partial charge in [-0.1, -0.05) is 36.4 Å². The van der Waals surface area contributed by atoms with E-state index in [1.54, 1.807) is 18.1 Å². The summed E-state index contributed by atoms with van der Waals surface area (Å²) in [5.74, 6) is 0.0122. The average Bonchev–Trinajstić information content (AvgIpc) is 3.16. The van der Waals surface area contributed by atoms with E-state index in [0.29, 0.717) is 0 Å². The zero-order valence-electron chi connectivity index (χ0n) is 14.3. The highest BCUT2D eigenvalue weighted by Crippen LogP contribution is 2.24. The number of hydrogen-bond donors (Lipinski definition) is 0. The number of likely N-dealkylation sites (N-methyl/N-ethyl adjacent to an activating group) is 1. The van der Waals surface area contributed by atoms with E-state index in [9.17, 15) is 4.79 Å². The molecule has 2 aromatic heterocycles. The first-order valence-corrected chi connectivity index (χ1v) is 9.20. The third kappa shape index (κ3) is 3.34. The zero-order valence-corrected chi connectivity index (χ0v) is 15.1. The van der Waals surface area contributed by atoms with E-state index in [-0.39, 0.29) is 12.3 Å². The van der Waals surface area contributed by atoms with E-state index in [0.717, 1.165) is 32.9 Å². The summed E-state index contributed by atoms with van der Waals surface area (Å²) in [6.07, 6.45) is 2.02. The predicted octanol–water partition coefficient (Wildman–Crippen LogP) is 4.56. The molecule has 0 aliphatic rings. The van der Waals surface area contributed by atoms with Crippen molar-refractivity contribution in [2.45, 2.75) is 6.42 Å². The number of fused-ring (bicyclic) bond motifs is 1. The van der Waals surface area contributed by atoms with Gasteiger partial charge in [-0.05, 0) is 35.0 Å². The second kappa shape index (κ2) is 7.06. The monoisotopic (exact) mass is 359 g/mol. The number of thiazole rings is 1. The molecule has 0 saturated carbocycles. The molecule has 0 fully saturated rings. The number of hydrogen-bond acceptors (Lipinski definition) is 4.